The van der Waals surface area contributed by atoms with Gasteiger partial charge in [-0.2, -0.15) is 9.78 Å². The van der Waals surface area contributed by atoms with Crippen LogP contribution < -0.4 is 0 Å². The van der Waals surface area contributed by atoms with Crippen LogP contribution in [0.3, 0.4) is 0 Å². The molecule has 24 heavy (non-hydrogen) atoms. The van der Waals surface area contributed by atoms with E-state index in [1.165, 1.54) is 5.56 Å². The van der Waals surface area contributed by atoms with Crippen LogP contribution in [0.4, 0.5) is 4.79 Å². The first-order chi connectivity index (χ1) is 11.4. The van der Waals surface area contributed by atoms with Gasteiger partial charge in [0, 0.05) is 17.5 Å². The van der Waals surface area contributed by atoms with E-state index in [4.69, 9.17) is 0 Å². The highest BCUT2D eigenvalue weighted by molar-refractivity contribution is 5.92. The molecular formula is C20H29N3O. The molecule has 2 rings (SSSR count). The van der Waals surface area contributed by atoms with Crippen molar-refractivity contribution in [1.29, 1.82) is 0 Å². The molecule has 0 aliphatic rings. The van der Waals surface area contributed by atoms with Gasteiger partial charge >= 0.3 is 6.03 Å². The number of amides is 1. The van der Waals surface area contributed by atoms with Crippen LogP contribution in [0, 0.1) is 6.92 Å². The number of benzene rings is 1. The molecule has 4 heteroatoms. The molecule has 130 valence electrons. The second-order valence-electron chi connectivity index (χ2n) is 6.88. The van der Waals surface area contributed by atoms with Crippen molar-refractivity contribution < 1.29 is 4.79 Å². The summed E-state index contributed by atoms with van der Waals surface area (Å²) in [7, 11) is 0. The van der Waals surface area contributed by atoms with Crippen molar-refractivity contribution in [2.45, 2.75) is 66.5 Å². The Morgan fingerprint density at radius 2 is 1.88 bits per heavy atom. The highest BCUT2D eigenvalue weighted by Crippen LogP contribution is 2.23. The fourth-order valence-electron chi connectivity index (χ4n) is 3.24. The topological polar surface area (TPSA) is 38.1 Å². The van der Waals surface area contributed by atoms with E-state index in [1.807, 2.05) is 32.6 Å². The molecule has 2 aromatic rings. The third-order valence-corrected chi connectivity index (χ3v) is 4.14. The Morgan fingerprint density at radius 3 is 2.46 bits per heavy atom. The molecule has 1 amide bonds. The summed E-state index contributed by atoms with van der Waals surface area (Å²) in [5, 5.41) is 5.44. The van der Waals surface area contributed by atoms with Gasteiger partial charge in [0.1, 0.15) is 0 Å². The van der Waals surface area contributed by atoms with Crippen molar-refractivity contribution in [3.05, 3.63) is 41.6 Å². The van der Waals surface area contributed by atoms with Crippen LogP contribution in [0.15, 0.2) is 30.5 Å². The number of aryl methyl sites for hydroxylation is 1. The van der Waals surface area contributed by atoms with Crippen molar-refractivity contribution in [3.8, 4) is 0 Å². The summed E-state index contributed by atoms with van der Waals surface area (Å²) in [6.45, 7) is 12.4. The Labute approximate surface area is 145 Å². The third-order valence-electron chi connectivity index (χ3n) is 4.14. The van der Waals surface area contributed by atoms with Crippen molar-refractivity contribution in [2.75, 3.05) is 0 Å². The van der Waals surface area contributed by atoms with E-state index in [9.17, 15) is 4.79 Å². The largest absolute Gasteiger partial charge is 0.345 e. The number of carbonyl (C=O) groups excluding carboxylic acids is 1. The quantitative estimate of drug-likeness (QED) is 0.729. The average Bonchev–Trinajstić information content (AvgIpc) is 2.90. The molecule has 0 bridgehead atoms. The van der Waals surface area contributed by atoms with E-state index >= 15 is 0 Å². The number of aromatic nitrogens is 2. The molecule has 1 aromatic carbocycles. The zero-order chi connectivity index (χ0) is 17.9. The number of carbonyl (C=O) groups is 1. The standard InChI is InChI=1S/C20H29N3O/c1-7-8-9-10-17-11-16(6)12-18-13-21-23(19(17)18)20(24)22(14(2)3)15(4)5/h8-9,11-15H,7,10H2,1-6H3. The van der Waals surface area contributed by atoms with Crippen LogP contribution in [-0.2, 0) is 6.42 Å². The maximum atomic E-state index is 13.1. The first-order valence-electron chi connectivity index (χ1n) is 8.81. The van der Waals surface area contributed by atoms with Gasteiger partial charge in [0.25, 0.3) is 0 Å². The number of nitrogens with zero attached hydrogens (tertiary/aromatic N) is 3. The molecule has 0 aliphatic heterocycles. The smallest absolute Gasteiger partial charge is 0.318 e. The summed E-state index contributed by atoms with van der Waals surface area (Å²) in [6, 6.07) is 4.45. The van der Waals surface area contributed by atoms with Crippen molar-refractivity contribution in [1.82, 2.24) is 14.7 Å². The summed E-state index contributed by atoms with van der Waals surface area (Å²) in [5.74, 6) is 0. The molecular weight excluding hydrogens is 298 g/mol. The average molecular weight is 327 g/mol. The molecule has 0 unspecified atom stereocenters. The lowest BCUT2D eigenvalue weighted by Crippen LogP contribution is -2.44. The molecule has 0 N–H and O–H groups in total. The van der Waals surface area contributed by atoms with Crippen LogP contribution in [0.1, 0.15) is 52.2 Å². The van der Waals surface area contributed by atoms with E-state index in [0.717, 1.165) is 29.3 Å². The zero-order valence-corrected chi connectivity index (χ0v) is 15.7. The molecule has 0 saturated heterocycles. The SMILES string of the molecule is CCC=CCc1cc(C)cc2cnn(C(=O)N(C(C)C)C(C)C)c12. The van der Waals surface area contributed by atoms with E-state index in [0.29, 0.717) is 0 Å². The van der Waals surface area contributed by atoms with E-state index in [-0.39, 0.29) is 18.1 Å². The maximum absolute atomic E-state index is 13.1. The van der Waals surface area contributed by atoms with Crippen molar-refractivity contribution in [3.63, 3.8) is 0 Å². The monoisotopic (exact) mass is 327 g/mol. The summed E-state index contributed by atoms with van der Waals surface area (Å²) in [6.07, 6.45) is 7.95. The first-order valence-corrected chi connectivity index (χ1v) is 8.81. The minimum absolute atomic E-state index is 0.0559. The minimum atomic E-state index is -0.0559. The molecule has 0 radical (unpaired) electrons. The number of fused-ring (bicyclic) bond motifs is 1. The van der Waals surface area contributed by atoms with Gasteiger partial charge in [-0.3, -0.25) is 0 Å². The fraction of sp³-hybridized carbons (Fsp3) is 0.500. The Bertz CT molecular complexity index is 733. The first kappa shape index (κ1) is 18.2. The highest BCUT2D eigenvalue weighted by atomic mass is 16.2. The zero-order valence-electron chi connectivity index (χ0n) is 15.7. The molecule has 0 saturated carbocycles. The summed E-state index contributed by atoms with van der Waals surface area (Å²) >= 11 is 0. The number of hydrogen-bond donors (Lipinski definition) is 0. The third kappa shape index (κ3) is 3.69. The molecule has 0 spiro atoms. The predicted molar refractivity (Wildman–Crippen MR) is 101 cm³/mol. The van der Waals surface area contributed by atoms with Gasteiger partial charge in [0.05, 0.1) is 11.7 Å². The number of hydrogen-bond acceptors (Lipinski definition) is 2. The normalized spacial score (nSPS) is 12.0. The van der Waals surface area contributed by atoms with E-state index in [1.54, 1.807) is 10.9 Å². The second kappa shape index (κ2) is 7.65. The second-order valence-corrected chi connectivity index (χ2v) is 6.88. The maximum Gasteiger partial charge on any atom is 0.345 e. The predicted octanol–water partition coefficient (Wildman–Crippen LogP) is 4.94. The van der Waals surface area contributed by atoms with E-state index < -0.39 is 0 Å². The van der Waals surface area contributed by atoms with Crippen molar-refractivity contribution in [2.24, 2.45) is 0 Å². The molecule has 0 atom stereocenters. The highest BCUT2D eigenvalue weighted by Gasteiger charge is 2.24. The molecule has 0 fully saturated rings. The van der Waals surface area contributed by atoms with Gasteiger partial charge in [0.15, 0.2) is 0 Å². The van der Waals surface area contributed by atoms with Gasteiger partial charge in [-0.25, -0.2) is 4.79 Å². The van der Waals surface area contributed by atoms with Gasteiger partial charge in [-0.05, 0) is 59.1 Å². The van der Waals surface area contributed by atoms with Crippen LogP contribution >= 0.6 is 0 Å². The van der Waals surface area contributed by atoms with Gasteiger partial charge in [-0.15, -0.1) is 0 Å². The summed E-state index contributed by atoms with van der Waals surface area (Å²) in [5.41, 5.74) is 3.27. The number of rotatable bonds is 5. The lowest BCUT2D eigenvalue weighted by Gasteiger charge is -2.30. The van der Waals surface area contributed by atoms with Crippen LogP contribution in [0.2, 0.25) is 0 Å². The Kier molecular flexibility index (Phi) is 5.81. The molecule has 1 aromatic heterocycles. The summed E-state index contributed by atoms with van der Waals surface area (Å²) < 4.78 is 1.57. The molecule has 0 aliphatic carbocycles. The lowest BCUT2D eigenvalue weighted by molar-refractivity contribution is 0.164. The fourth-order valence-corrected chi connectivity index (χ4v) is 3.24. The van der Waals surface area contributed by atoms with Gasteiger partial charge in [-0.1, -0.05) is 30.7 Å². The Hall–Kier alpha value is -2.10. The Morgan fingerprint density at radius 1 is 1.21 bits per heavy atom. The van der Waals surface area contributed by atoms with Gasteiger partial charge < -0.3 is 4.90 Å². The molecule has 1 heterocycles. The van der Waals surface area contributed by atoms with Crippen LogP contribution in [0.25, 0.3) is 10.9 Å². The lowest BCUT2D eigenvalue weighted by atomic mass is 10.0. The van der Waals surface area contributed by atoms with Crippen LogP contribution in [-0.4, -0.2) is 32.8 Å². The molecule has 4 nitrogen and oxygen atoms in total. The van der Waals surface area contributed by atoms with Crippen LogP contribution in [0.5, 0.6) is 0 Å². The minimum Gasteiger partial charge on any atom is -0.318 e. The van der Waals surface area contributed by atoms with E-state index in [2.05, 4.69) is 43.2 Å². The Balaban J connectivity index is 2.55. The van der Waals surface area contributed by atoms with Crippen molar-refractivity contribution >= 4 is 16.9 Å². The van der Waals surface area contributed by atoms with Gasteiger partial charge in [0.2, 0.25) is 0 Å². The number of allylic oxidation sites excluding steroid dienone is 2. The summed E-state index contributed by atoms with van der Waals surface area (Å²) in [4.78, 5) is 15.0.